The van der Waals surface area contributed by atoms with Crippen LogP contribution in [0.25, 0.3) is 0 Å². The van der Waals surface area contributed by atoms with Crippen LogP contribution in [0.5, 0.6) is 0 Å². The van der Waals surface area contributed by atoms with Crippen molar-refractivity contribution in [3.8, 4) is 0 Å². The van der Waals surface area contributed by atoms with E-state index in [9.17, 15) is 13.2 Å². The van der Waals surface area contributed by atoms with Crippen LogP contribution in [-0.2, 0) is 24.8 Å². The second kappa shape index (κ2) is 5.71. The summed E-state index contributed by atoms with van der Waals surface area (Å²) in [7, 11) is -3.64. The second-order valence-corrected chi connectivity index (χ2v) is 9.06. The number of carbonyl (C=O) groups is 1. The zero-order valence-electron chi connectivity index (χ0n) is 14.4. The summed E-state index contributed by atoms with van der Waals surface area (Å²) < 4.78 is 31.7. The highest BCUT2D eigenvalue weighted by molar-refractivity contribution is 7.92. The Labute approximate surface area is 156 Å². The molecule has 1 spiro atoms. The van der Waals surface area contributed by atoms with E-state index in [1.807, 2.05) is 0 Å². The first kappa shape index (κ1) is 16.6. The van der Waals surface area contributed by atoms with E-state index in [4.69, 9.17) is 4.74 Å². The largest absolute Gasteiger partial charge is 0.381 e. The van der Waals surface area contributed by atoms with E-state index < -0.39 is 20.5 Å². The molecule has 1 unspecified atom stereocenters. The number of hydrogen-bond acceptors (Lipinski definition) is 6. The van der Waals surface area contributed by atoms with Gasteiger partial charge in [-0.1, -0.05) is 18.2 Å². The van der Waals surface area contributed by atoms with E-state index in [0.29, 0.717) is 43.1 Å². The molecule has 1 aromatic heterocycles. The highest BCUT2D eigenvalue weighted by Crippen LogP contribution is 2.52. The molecule has 3 aliphatic heterocycles. The number of aliphatic imine (C=N–C) groups is 1. The fourth-order valence-corrected chi connectivity index (χ4v) is 5.73. The quantitative estimate of drug-likeness (QED) is 0.858. The van der Waals surface area contributed by atoms with Crippen LogP contribution in [0.1, 0.15) is 29.2 Å². The van der Waals surface area contributed by atoms with Crippen LogP contribution in [0.15, 0.2) is 46.4 Å². The van der Waals surface area contributed by atoms with Crippen molar-refractivity contribution in [2.45, 2.75) is 28.4 Å². The van der Waals surface area contributed by atoms with Crippen molar-refractivity contribution in [2.24, 2.45) is 4.99 Å². The third-order valence-corrected chi connectivity index (χ3v) is 7.60. The maximum atomic E-state index is 13.1. The van der Waals surface area contributed by atoms with Gasteiger partial charge in [0.05, 0.1) is 16.0 Å². The molecule has 1 fully saturated rings. The van der Waals surface area contributed by atoms with Crippen LogP contribution in [0, 0.1) is 0 Å². The molecule has 138 valence electrons. The van der Waals surface area contributed by atoms with Gasteiger partial charge in [-0.3, -0.25) is 9.79 Å². The summed E-state index contributed by atoms with van der Waals surface area (Å²) in [6.45, 7) is 0.956. The monoisotopic (exact) mass is 383 g/mol. The number of carbonyl (C=O) groups excluding carboxylic acids is 1. The summed E-state index contributed by atoms with van der Waals surface area (Å²) in [5, 5.41) is 1.94. The van der Waals surface area contributed by atoms with Gasteiger partial charge in [0.2, 0.25) is 5.91 Å². The fraction of sp³-hybridized carbons (Fsp3) is 0.316. The van der Waals surface area contributed by atoms with Gasteiger partial charge in [-0.2, -0.15) is 0 Å². The molecule has 1 N–H and O–H groups in total. The molecule has 2 aromatic rings. The number of aromatic nitrogens is 1. The van der Waals surface area contributed by atoms with Crippen LogP contribution >= 0.6 is 0 Å². The topological polar surface area (TPSA) is 97.7 Å². The van der Waals surface area contributed by atoms with Crippen molar-refractivity contribution in [3.63, 3.8) is 0 Å². The van der Waals surface area contributed by atoms with Gasteiger partial charge in [-0.05, 0) is 25.0 Å². The van der Waals surface area contributed by atoms with Gasteiger partial charge < -0.3 is 10.1 Å². The molecular weight excluding hydrogens is 366 g/mol. The van der Waals surface area contributed by atoms with Gasteiger partial charge in [0.15, 0.2) is 9.84 Å². The highest BCUT2D eigenvalue weighted by Gasteiger charge is 2.51. The Kier molecular flexibility index (Phi) is 3.50. The van der Waals surface area contributed by atoms with E-state index in [-0.39, 0.29) is 10.8 Å². The summed E-state index contributed by atoms with van der Waals surface area (Å²) in [6, 6.07) is 8.32. The lowest BCUT2D eigenvalue weighted by Gasteiger charge is -2.31. The van der Waals surface area contributed by atoms with Crippen LogP contribution in [-0.4, -0.2) is 38.7 Å². The molecule has 0 radical (unpaired) electrons. The van der Waals surface area contributed by atoms with Crippen molar-refractivity contribution < 1.29 is 17.9 Å². The minimum absolute atomic E-state index is 0.105. The molecular formula is C19H17N3O4S. The molecule has 8 heteroatoms. The average Bonchev–Trinajstić information content (AvgIpc) is 3.23. The predicted molar refractivity (Wildman–Crippen MR) is 99.1 cm³/mol. The van der Waals surface area contributed by atoms with E-state index in [0.717, 1.165) is 5.56 Å². The number of nitrogens with zero attached hydrogens (tertiary/aromatic N) is 2. The lowest BCUT2D eigenvalue weighted by Crippen LogP contribution is -2.40. The van der Waals surface area contributed by atoms with E-state index in [1.54, 1.807) is 30.3 Å². The number of ether oxygens (including phenoxy) is 1. The number of fused-ring (bicyclic) bond motifs is 4. The van der Waals surface area contributed by atoms with Gasteiger partial charge >= 0.3 is 0 Å². The van der Waals surface area contributed by atoms with Crippen molar-refractivity contribution in [3.05, 3.63) is 47.7 Å². The Morgan fingerprint density at radius 1 is 1.15 bits per heavy atom. The SMILES string of the molecule is O=C1Nc2ncc3c(c2C12CCOCC2)N=CC3S(=O)(=O)c1ccccc1. The molecule has 1 atom stereocenters. The lowest BCUT2D eigenvalue weighted by molar-refractivity contribution is -0.124. The summed E-state index contributed by atoms with van der Waals surface area (Å²) in [6.07, 6.45) is 4.04. The van der Waals surface area contributed by atoms with Gasteiger partial charge in [0, 0.05) is 36.8 Å². The van der Waals surface area contributed by atoms with Crippen LogP contribution in [0.4, 0.5) is 11.5 Å². The molecule has 27 heavy (non-hydrogen) atoms. The zero-order chi connectivity index (χ0) is 18.6. The Hall–Kier alpha value is -2.58. The van der Waals surface area contributed by atoms with Crippen molar-refractivity contribution in [2.75, 3.05) is 18.5 Å². The third-order valence-electron chi connectivity index (χ3n) is 5.62. The minimum atomic E-state index is -3.64. The van der Waals surface area contributed by atoms with E-state index >= 15 is 0 Å². The van der Waals surface area contributed by atoms with Gasteiger partial charge in [-0.25, -0.2) is 13.4 Å². The first-order chi connectivity index (χ1) is 13.0. The molecule has 0 bridgehead atoms. The fourth-order valence-electron chi connectivity index (χ4n) is 4.18. The first-order valence-corrected chi connectivity index (χ1v) is 10.3. The van der Waals surface area contributed by atoms with E-state index in [2.05, 4.69) is 15.3 Å². The Morgan fingerprint density at radius 3 is 2.63 bits per heavy atom. The number of amides is 1. The standard InChI is InChI=1S/C19H17N3O4S/c23-18-19(6-8-26-9-7-19)15-16-13(10-21-17(15)22-18)14(11-20-16)27(24,25)12-4-2-1-3-5-12/h1-5,10-11,14H,6-9H2,(H,21,22,23). The number of rotatable bonds is 2. The lowest BCUT2D eigenvalue weighted by atomic mass is 9.74. The summed E-state index contributed by atoms with van der Waals surface area (Å²) >= 11 is 0. The number of benzene rings is 1. The number of hydrogen-bond donors (Lipinski definition) is 1. The third kappa shape index (κ3) is 2.23. The molecule has 1 aromatic carbocycles. The van der Waals surface area contributed by atoms with E-state index in [1.165, 1.54) is 12.4 Å². The Bertz CT molecular complexity index is 1070. The maximum absolute atomic E-state index is 13.1. The summed E-state index contributed by atoms with van der Waals surface area (Å²) in [4.78, 5) is 21.8. The first-order valence-electron chi connectivity index (χ1n) is 8.80. The molecule has 3 aliphatic rings. The number of pyridine rings is 1. The molecule has 7 nitrogen and oxygen atoms in total. The predicted octanol–water partition coefficient (Wildman–Crippen LogP) is 2.31. The molecule has 5 rings (SSSR count). The smallest absolute Gasteiger partial charge is 0.236 e. The number of sulfone groups is 1. The minimum Gasteiger partial charge on any atom is -0.381 e. The summed E-state index contributed by atoms with van der Waals surface area (Å²) in [5.74, 6) is 0.377. The molecule has 0 saturated carbocycles. The number of anilines is 1. The van der Waals surface area contributed by atoms with Gasteiger partial charge in [-0.15, -0.1) is 0 Å². The van der Waals surface area contributed by atoms with Crippen LogP contribution in [0.2, 0.25) is 0 Å². The van der Waals surface area contributed by atoms with Crippen molar-refractivity contribution in [1.82, 2.24) is 4.98 Å². The zero-order valence-corrected chi connectivity index (χ0v) is 15.2. The summed E-state index contributed by atoms with van der Waals surface area (Å²) in [5.41, 5.74) is 1.06. The van der Waals surface area contributed by atoms with Gasteiger partial charge in [0.1, 0.15) is 11.1 Å². The van der Waals surface area contributed by atoms with Crippen LogP contribution in [0.3, 0.4) is 0 Å². The average molecular weight is 383 g/mol. The Morgan fingerprint density at radius 2 is 1.89 bits per heavy atom. The Balaban J connectivity index is 1.65. The maximum Gasteiger partial charge on any atom is 0.236 e. The van der Waals surface area contributed by atoms with Crippen LogP contribution < -0.4 is 5.32 Å². The second-order valence-electron chi connectivity index (χ2n) is 6.99. The number of nitrogens with one attached hydrogen (secondary N) is 1. The van der Waals surface area contributed by atoms with Gasteiger partial charge in [0.25, 0.3) is 0 Å². The highest BCUT2D eigenvalue weighted by atomic mass is 32.2. The molecule has 0 aliphatic carbocycles. The van der Waals surface area contributed by atoms with Crippen molar-refractivity contribution >= 4 is 33.5 Å². The normalized spacial score (nSPS) is 22.5. The van der Waals surface area contributed by atoms with Crippen molar-refractivity contribution in [1.29, 1.82) is 0 Å². The molecule has 1 saturated heterocycles. The molecule has 1 amide bonds. The molecule has 4 heterocycles.